The first kappa shape index (κ1) is 16.6. The van der Waals surface area contributed by atoms with Crippen molar-refractivity contribution in [3.05, 3.63) is 59.0 Å². The van der Waals surface area contributed by atoms with Crippen molar-refractivity contribution < 1.29 is 17.9 Å². The maximum atomic E-state index is 12.6. The zero-order valence-electron chi connectivity index (χ0n) is 12.7. The molecule has 0 amide bonds. The molecule has 5 nitrogen and oxygen atoms in total. The Labute approximate surface area is 135 Å². The lowest BCUT2D eigenvalue weighted by molar-refractivity contribution is 0.354. The fourth-order valence-electron chi connectivity index (χ4n) is 2.06. The molecule has 2 rings (SSSR count). The highest BCUT2D eigenvalue weighted by Crippen LogP contribution is 2.33. The zero-order chi connectivity index (χ0) is 16.9. The molecule has 0 spiro atoms. The number of methoxy groups -OCH3 is 2. The molecule has 2 aromatic rings. The van der Waals surface area contributed by atoms with Crippen LogP contribution in [0.1, 0.15) is 5.56 Å². The average molecular weight is 329 g/mol. The van der Waals surface area contributed by atoms with Gasteiger partial charge in [-0.2, -0.15) is 5.26 Å². The van der Waals surface area contributed by atoms with E-state index in [9.17, 15) is 13.7 Å². The first-order valence-electron chi connectivity index (χ1n) is 6.67. The van der Waals surface area contributed by atoms with E-state index < -0.39 is 9.84 Å². The molecule has 0 unspecified atom stereocenters. The van der Waals surface area contributed by atoms with Gasteiger partial charge in [0.25, 0.3) is 0 Å². The lowest BCUT2D eigenvalue weighted by Crippen LogP contribution is -2.03. The van der Waals surface area contributed by atoms with Gasteiger partial charge in [-0.05, 0) is 24.3 Å². The van der Waals surface area contributed by atoms with Gasteiger partial charge >= 0.3 is 0 Å². The van der Waals surface area contributed by atoms with Gasteiger partial charge in [0, 0.05) is 5.56 Å². The number of sulfone groups is 1. The minimum Gasteiger partial charge on any atom is -0.493 e. The molecule has 118 valence electrons. The van der Waals surface area contributed by atoms with E-state index in [1.807, 2.05) is 0 Å². The topological polar surface area (TPSA) is 76.4 Å². The summed E-state index contributed by atoms with van der Waals surface area (Å²) in [7, 11) is -0.956. The van der Waals surface area contributed by atoms with Crippen molar-refractivity contribution in [3.63, 3.8) is 0 Å². The van der Waals surface area contributed by atoms with Crippen molar-refractivity contribution in [2.75, 3.05) is 14.2 Å². The van der Waals surface area contributed by atoms with E-state index in [-0.39, 0.29) is 9.80 Å². The van der Waals surface area contributed by atoms with Crippen LogP contribution in [0, 0.1) is 11.3 Å². The summed E-state index contributed by atoms with van der Waals surface area (Å²) in [5, 5.41) is 9.30. The molecule has 2 aromatic carbocycles. The second-order valence-electron chi connectivity index (χ2n) is 4.52. The van der Waals surface area contributed by atoms with Gasteiger partial charge in [-0.1, -0.05) is 30.3 Å². The summed E-state index contributed by atoms with van der Waals surface area (Å²) in [5.74, 6) is 0.821. The predicted octanol–water partition coefficient (Wildman–Crippen LogP) is 3.04. The summed E-state index contributed by atoms with van der Waals surface area (Å²) in [5.41, 5.74) is 0.447. The minimum absolute atomic E-state index is 0.0645. The van der Waals surface area contributed by atoms with E-state index in [0.717, 1.165) is 0 Å². The van der Waals surface area contributed by atoms with Crippen LogP contribution in [-0.2, 0) is 9.84 Å². The van der Waals surface area contributed by atoms with E-state index in [1.54, 1.807) is 42.5 Å². The SMILES string of the molecule is COc1cccc(C=C(C#N)S(=O)(=O)c2ccccc2)c1OC. The van der Waals surface area contributed by atoms with Crippen molar-refractivity contribution in [3.8, 4) is 17.6 Å². The molecule has 0 heterocycles. The predicted molar refractivity (Wildman–Crippen MR) is 86.8 cm³/mol. The first-order chi connectivity index (χ1) is 11.0. The number of hydrogen-bond donors (Lipinski definition) is 0. The van der Waals surface area contributed by atoms with Crippen LogP contribution in [0.4, 0.5) is 0 Å². The molecule has 0 aliphatic carbocycles. The zero-order valence-corrected chi connectivity index (χ0v) is 13.5. The van der Waals surface area contributed by atoms with Crippen molar-refractivity contribution in [1.29, 1.82) is 5.26 Å². The molecule has 6 heteroatoms. The van der Waals surface area contributed by atoms with Crippen molar-refractivity contribution in [1.82, 2.24) is 0 Å². The smallest absolute Gasteiger partial charge is 0.216 e. The average Bonchev–Trinajstić information content (AvgIpc) is 2.59. The monoisotopic (exact) mass is 329 g/mol. The normalized spacial score (nSPS) is 11.6. The minimum atomic E-state index is -3.89. The quantitative estimate of drug-likeness (QED) is 0.788. The van der Waals surface area contributed by atoms with Crippen LogP contribution in [-0.4, -0.2) is 22.6 Å². The first-order valence-corrected chi connectivity index (χ1v) is 8.16. The van der Waals surface area contributed by atoms with Gasteiger partial charge in [0.1, 0.15) is 11.0 Å². The Morgan fingerprint density at radius 1 is 1.04 bits per heavy atom. The Kier molecular flexibility index (Phi) is 5.04. The summed E-state index contributed by atoms with van der Waals surface area (Å²) in [6.45, 7) is 0. The fraction of sp³-hybridized carbons (Fsp3) is 0.118. The van der Waals surface area contributed by atoms with Crippen LogP contribution in [0.5, 0.6) is 11.5 Å². The fourth-order valence-corrected chi connectivity index (χ4v) is 3.24. The van der Waals surface area contributed by atoms with Crippen molar-refractivity contribution in [2.45, 2.75) is 4.90 Å². The molecule has 0 atom stereocenters. The lowest BCUT2D eigenvalue weighted by Gasteiger charge is -2.10. The maximum Gasteiger partial charge on any atom is 0.216 e. The molecule has 0 aromatic heterocycles. The summed E-state index contributed by atoms with van der Waals surface area (Å²) < 4.78 is 35.6. The molecule has 0 fully saturated rings. The summed E-state index contributed by atoms with van der Waals surface area (Å²) in [6.07, 6.45) is 1.28. The molecule has 0 saturated carbocycles. The van der Waals surface area contributed by atoms with Crippen LogP contribution in [0.25, 0.3) is 6.08 Å². The van der Waals surface area contributed by atoms with E-state index in [2.05, 4.69) is 0 Å². The summed E-state index contributed by atoms with van der Waals surface area (Å²) >= 11 is 0. The highest BCUT2D eigenvalue weighted by molar-refractivity contribution is 7.95. The third-order valence-electron chi connectivity index (χ3n) is 3.17. The van der Waals surface area contributed by atoms with E-state index >= 15 is 0 Å². The molecule has 23 heavy (non-hydrogen) atoms. The van der Waals surface area contributed by atoms with Gasteiger partial charge in [0.15, 0.2) is 11.5 Å². The molecule has 0 saturated heterocycles. The third kappa shape index (κ3) is 3.35. The van der Waals surface area contributed by atoms with Crippen LogP contribution < -0.4 is 9.47 Å². The van der Waals surface area contributed by atoms with Gasteiger partial charge in [-0.15, -0.1) is 0 Å². The second-order valence-corrected chi connectivity index (χ2v) is 6.44. The molecular weight excluding hydrogens is 314 g/mol. The van der Waals surface area contributed by atoms with E-state index in [1.165, 1.54) is 32.4 Å². The lowest BCUT2D eigenvalue weighted by atomic mass is 10.1. The number of nitrogens with zero attached hydrogens (tertiary/aromatic N) is 1. The number of rotatable bonds is 5. The highest BCUT2D eigenvalue weighted by atomic mass is 32.2. The van der Waals surface area contributed by atoms with E-state index in [0.29, 0.717) is 17.1 Å². The van der Waals surface area contributed by atoms with Gasteiger partial charge in [-0.25, -0.2) is 8.42 Å². The molecule has 0 bridgehead atoms. The van der Waals surface area contributed by atoms with Gasteiger partial charge < -0.3 is 9.47 Å². The van der Waals surface area contributed by atoms with Gasteiger partial charge in [0.2, 0.25) is 9.84 Å². The molecule has 0 N–H and O–H groups in total. The number of benzene rings is 2. The van der Waals surface area contributed by atoms with Crippen molar-refractivity contribution >= 4 is 15.9 Å². The maximum absolute atomic E-state index is 12.6. The largest absolute Gasteiger partial charge is 0.493 e. The number of para-hydroxylation sites is 1. The van der Waals surface area contributed by atoms with E-state index in [4.69, 9.17) is 9.47 Å². The Hall–Kier alpha value is -2.78. The summed E-state index contributed by atoms with van der Waals surface area (Å²) in [6, 6.07) is 14.6. The van der Waals surface area contributed by atoms with Gasteiger partial charge in [0.05, 0.1) is 19.1 Å². The number of ether oxygens (including phenoxy) is 2. The molecule has 0 aliphatic rings. The molecular formula is C17H15NO4S. The third-order valence-corrected chi connectivity index (χ3v) is 4.85. The van der Waals surface area contributed by atoms with Gasteiger partial charge in [-0.3, -0.25) is 0 Å². The Morgan fingerprint density at radius 3 is 2.30 bits per heavy atom. The highest BCUT2D eigenvalue weighted by Gasteiger charge is 2.21. The number of nitriles is 1. The number of allylic oxidation sites excluding steroid dienone is 1. The van der Waals surface area contributed by atoms with Crippen molar-refractivity contribution in [2.24, 2.45) is 0 Å². The second kappa shape index (κ2) is 6.99. The molecule has 0 aliphatic heterocycles. The molecule has 0 radical (unpaired) electrons. The number of hydrogen-bond acceptors (Lipinski definition) is 5. The Morgan fingerprint density at radius 2 is 1.74 bits per heavy atom. The van der Waals surface area contributed by atoms with Crippen LogP contribution in [0.3, 0.4) is 0 Å². The summed E-state index contributed by atoms with van der Waals surface area (Å²) in [4.78, 5) is -0.301. The van der Waals surface area contributed by atoms with Crippen LogP contribution in [0.2, 0.25) is 0 Å². The Bertz CT molecular complexity index is 865. The standard InChI is InChI=1S/C17H15NO4S/c1-21-16-10-6-7-13(17(16)22-2)11-15(12-18)23(19,20)14-8-4-3-5-9-14/h3-11H,1-2H3. The Balaban J connectivity index is 2.59. The van der Waals surface area contributed by atoms with Crippen LogP contribution in [0.15, 0.2) is 58.3 Å². The van der Waals surface area contributed by atoms with Crippen LogP contribution >= 0.6 is 0 Å².